The second-order valence-corrected chi connectivity index (χ2v) is 6.61. The molecule has 0 aliphatic rings. The van der Waals surface area contributed by atoms with Crippen molar-refractivity contribution in [2.45, 2.75) is 24.7 Å². The van der Waals surface area contributed by atoms with Crippen LogP contribution in [-0.4, -0.2) is 22.2 Å². The van der Waals surface area contributed by atoms with Gasteiger partial charge in [0.15, 0.2) is 0 Å². The van der Waals surface area contributed by atoms with Gasteiger partial charge in [-0.1, -0.05) is 76.1 Å². The highest BCUT2D eigenvalue weighted by Crippen LogP contribution is 2.21. The van der Waals surface area contributed by atoms with Crippen LogP contribution in [0.25, 0.3) is 0 Å². The maximum Gasteiger partial charge on any atom is 0.236 e. The lowest BCUT2D eigenvalue weighted by atomic mass is 10.1. The molecule has 0 saturated carbocycles. The first kappa shape index (κ1) is 17.0. The summed E-state index contributed by atoms with van der Waals surface area (Å²) in [6, 6.07) is 17.7. The summed E-state index contributed by atoms with van der Waals surface area (Å²) in [6.45, 7) is 3.30. The van der Waals surface area contributed by atoms with Crippen molar-refractivity contribution in [2.75, 3.05) is 6.54 Å². The lowest BCUT2D eigenvalue weighted by molar-refractivity contribution is -0.130. The number of carbonyl (C=O) groups excluding carboxylic acids is 1. The van der Waals surface area contributed by atoms with Crippen LogP contribution < -0.4 is 0 Å². The molecule has 22 heavy (non-hydrogen) atoms. The molecule has 0 saturated heterocycles. The zero-order valence-electron chi connectivity index (χ0n) is 12.5. The van der Waals surface area contributed by atoms with Gasteiger partial charge in [0, 0.05) is 18.1 Å². The molecule has 4 heteroatoms. The molecule has 2 aromatic rings. The lowest BCUT2D eigenvalue weighted by Crippen LogP contribution is -2.37. The molecule has 1 unspecified atom stereocenters. The van der Waals surface area contributed by atoms with Gasteiger partial charge >= 0.3 is 0 Å². The van der Waals surface area contributed by atoms with Gasteiger partial charge in [0.05, 0.1) is 4.83 Å². The third-order valence-corrected chi connectivity index (χ3v) is 4.62. The highest BCUT2D eigenvalue weighted by molar-refractivity contribution is 9.10. The number of hydrogen-bond acceptors (Lipinski definition) is 1. The van der Waals surface area contributed by atoms with Crippen LogP contribution in [0.5, 0.6) is 0 Å². The molecule has 0 radical (unpaired) electrons. The predicted molar refractivity (Wildman–Crippen MR) is 95.4 cm³/mol. The summed E-state index contributed by atoms with van der Waals surface area (Å²) in [5.41, 5.74) is 2.12. The van der Waals surface area contributed by atoms with Crippen molar-refractivity contribution in [3.8, 4) is 0 Å². The molecule has 0 N–H and O–H groups in total. The Kier molecular flexibility index (Phi) is 6.47. The predicted octanol–water partition coefficient (Wildman–Crippen LogP) is 4.69. The standard InChI is InChI=1S/C18H19BrClNO/c1-2-21(13-14-8-4-3-5-9-14)18(22)16(19)12-15-10-6-7-11-17(15)20/h3-11,16H,2,12-13H2,1H3. The van der Waals surface area contributed by atoms with Gasteiger partial charge in [0.25, 0.3) is 0 Å². The van der Waals surface area contributed by atoms with E-state index in [4.69, 9.17) is 11.6 Å². The van der Waals surface area contributed by atoms with E-state index >= 15 is 0 Å². The van der Waals surface area contributed by atoms with E-state index in [1.54, 1.807) is 0 Å². The van der Waals surface area contributed by atoms with E-state index in [1.807, 2.05) is 66.4 Å². The van der Waals surface area contributed by atoms with Gasteiger partial charge < -0.3 is 4.90 Å². The van der Waals surface area contributed by atoms with Gasteiger partial charge in [-0.05, 0) is 30.5 Å². The number of halogens is 2. The number of benzene rings is 2. The molecule has 0 aliphatic heterocycles. The van der Waals surface area contributed by atoms with Gasteiger partial charge in [0.2, 0.25) is 5.91 Å². The Morgan fingerprint density at radius 3 is 2.41 bits per heavy atom. The minimum atomic E-state index is -0.268. The van der Waals surface area contributed by atoms with E-state index in [9.17, 15) is 4.79 Å². The molecule has 1 atom stereocenters. The van der Waals surface area contributed by atoms with Gasteiger partial charge in [-0.25, -0.2) is 0 Å². The molecule has 2 nitrogen and oxygen atoms in total. The van der Waals surface area contributed by atoms with E-state index in [-0.39, 0.29) is 10.7 Å². The van der Waals surface area contributed by atoms with Gasteiger partial charge in [-0.15, -0.1) is 0 Å². The van der Waals surface area contributed by atoms with Crippen molar-refractivity contribution in [1.82, 2.24) is 4.90 Å². The quantitative estimate of drug-likeness (QED) is 0.665. The second-order valence-electron chi connectivity index (χ2n) is 5.10. The maximum atomic E-state index is 12.6. The van der Waals surface area contributed by atoms with E-state index < -0.39 is 0 Å². The molecule has 0 spiro atoms. The molecule has 1 amide bonds. The monoisotopic (exact) mass is 379 g/mol. The Hall–Kier alpha value is -1.32. The summed E-state index contributed by atoms with van der Waals surface area (Å²) in [6.07, 6.45) is 0.587. The Labute approximate surface area is 145 Å². The Morgan fingerprint density at radius 1 is 1.14 bits per heavy atom. The number of amides is 1. The highest BCUT2D eigenvalue weighted by atomic mass is 79.9. The molecule has 2 rings (SSSR count). The smallest absolute Gasteiger partial charge is 0.236 e. The second kappa shape index (κ2) is 8.35. The zero-order chi connectivity index (χ0) is 15.9. The van der Waals surface area contributed by atoms with Crippen molar-refractivity contribution >= 4 is 33.4 Å². The van der Waals surface area contributed by atoms with Crippen molar-refractivity contribution in [3.63, 3.8) is 0 Å². The van der Waals surface area contributed by atoms with Gasteiger partial charge in [-0.3, -0.25) is 4.79 Å². The minimum Gasteiger partial charge on any atom is -0.338 e. The van der Waals surface area contributed by atoms with Crippen LogP contribution in [0.3, 0.4) is 0 Å². The maximum absolute atomic E-state index is 12.6. The molecule has 0 aromatic heterocycles. The van der Waals surface area contributed by atoms with Crippen LogP contribution in [0.1, 0.15) is 18.1 Å². The van der Waals surface area contributed by atoms with Crippen LogP contribution in [0.15, 0.2) is 54.6 Å². The topological polar surface area (TPSA) is 20.3 Å². The highest BCUT2D eigenvalue weighted by Gasteiger charge is 2.22. The van der Waals surface area contributed by atoms with Crippen molar-refractivity contribution in [3.05, 3.63) is 70.7 Å². The fraction of sp³-hybridized carbons (Fsp3) is 0.278. The first-order chi connectivity index (χ1) is 10.6. The molecule has 116 valence electrons. The summed E-state index contributed by atoms with van der Waals surface area (Å²) in [5.74, 6) is 0.0891. The van der Waals surface area contributed by atoms with Gasteiger partial charge in [0.1, 0.15) is 0 Å². The fourth-order valence-corrected chi connectivity index (χ4v) is 3.14. The van der Waals surface area contributed by atoms with Crippen LogP contribution in [0, 0.1) is 0 Å². The van der Waals surface area contributed by atoms with Crippen LogP contribution in [0.2, 0.25) is 5.02 Å². The van der Waals surface area contributed by atoms with Gasteiger partial charge in [-0.2, -0.15) is 0 Å². The number of hydrogen-bond donors (Lipinski definition) is 0. The molecule has 0 fully saturated rings. The molecule has 0 bridgehead atoms. The van der Waals surface area contributed by atoms with Crippen molar-refractivity contribution < 1.29 is 4.79 Å². The molecular weight excluding hydrogens is 362 g/mol. The largest absolute Gasteiger partial charge is 0.338 e. The van der Waals surface area contributed by atoms with Crippen molar-refractivity contribution in [1.29, 1.82) is 0 Å². The molecule has 2 aromatic carbocycles. The van der Waals surface area contributed by atoms with Crippen LogP contribution >= 0.6 is 27.5 Å². The van der Waals surface area contributed by atoms with Crippen LogP contribution in [0.4, 0.5) is 0 Å². The molecule has 0 aliphatic carbocycles. The van der Waals surface area contributed by atoms with Crippen molar-refractivity contribution in [2.24, 2.45) is 0 Å². The molecule has 0 heterocycles. The summed E-state index contributed by atoms with van der Waals surface area (Å²) in [7, 11) is 0. The zero-order valence-corrected chi connectivity index (χ0v) is 14.8. The number of carbonyl (C=O) groups is 1. The summed E-state index contributed by atoms with van der Waals surface area (Å²) < 4.78 is 0. The first-order valence-corrected chi connectivity index (χ1v) is 8.61. The van der Waals surface area contributed by atoms with E-state index in [0.29, 0.717) is 24.5 Å². The number of rotatable bonds is 6. The SMILES string of the molecule is CCN(Cc1ccccc1)C(=O)C(Br)Cc1ccccc1Cl. The Balaban J connectivity index is 2.03. The Morgan fingerprint density at radius 2 is 1.77 bits per heavy atom. The number of alkyl halides is 1. The summed E-state index contributed by atoms with van der Waals surface area (Å²) in [4.78, 5) is 14.2. The fourth-order valence-electron chi connectivity index (χ4n) is 2.29. The third-order valence-electron chi connectivity index (χ3n) is 3.53. The third kappa shape index (κ3) is 4.59. The van der Waals surface area contributed by atoms with Crippen LogP contribution in [-0.2, 0) is 17.8 Å². The Bertz CT molecular complexity index is 617. The average molecular weight is 381 g/mol. The first-order valence-electron chi connectivity index (χ1n) is 7.32. The normalized spacial score (nSPS) is 12.0. The average Bonchev–Trinajstić information content (AvgIpc) is 2.55. The lowest BCUT2D eigenvalue weighted by Gasteiger charge is -2.24. The minimum absolute atomic E-state index is 0.0891. The van der Waals surface area contributed by atoms with E-state index in [0.717, 1.165) is 11.1 Å². The number of nitrogens with zero attached hydrogens (tertiary/aromatic N) is 1. The summed E-state index contributed by atoms with van der Waals surface area (Å²) in [5, 5.41) is 0.700. The van der Waals surface area contributed by atoms with E-state index in [2.05, 4.69) is 15.9 Å². The summed E-state index contributed by atoms with van der Waals surface area (Å²) >= 11 is 9.69. The van der Waals surface area contributed by atoms with E-state index in [1.165, 1.54) is 0 Å². The molecular formula is C18H19BrClNO.